The molecule has 0 saturated carbocycles. The number of ether oxygens (including phenoxy) is 4. The number of carbonyl (C=O) groups is 1. The standard InChI is InChI=1S/C19H17F2NO5/c1-24-16-10-12(2-5-15(16)27-19(20)21)3-7-18(23)22-13-4-6-14-17(11-13)26-9-8-25-14/h2-7,10-11,19H,8-9H2,1H3,(H,22,23). The van der Waals surface area contributed by atoms with Crippen LogP contribution in [0.15, 0.2) is 42.5 Å². The number of hydrogen-bond acceptors (Lipinski definition) is 5. The SMILES string of the molecule is COc1cc(C=CC(=O)Nc2ccc3c(c2)OCCO3)ccc1OC(F)F. The Labute approximate surface area is 154 Å². The molecule has 0 atom stereocenters. The molecular weight excluding hydrogens is 360 g/mol. The van der Waals surface area contributed by atoms with Crippen LogP contribution in [0.25, 0.3) is 6.08 Å². The molecule has 0 aromatic heterocycles. The minimum Gasteiger partial charge on any atom is -0.493 e. The highest BCUT2D eigenvalue weighted by Crippen LogP contribution is 2.33. The Bertz CT molecular complexity index is 854. The number of benzene rings is 2. The van der Waals surface area contributed by atoms with Crippen LogP contribution < -0.4 is 24.3 Å². The Kier molecular flexibility index (Phi) is 5.75. The Hall–Kier alpha value is -3.29. The third-order valence-corrected chi connectivity index (χ3v) is 3.64. The molecule has 6 nitrogen and oxygen atoms in total. The van der Waals surface area contributed by atoms with Gasteiger partial charge >= 0.3 is 6.61 Å². The number of halogens is 2. The predicted octanol–water partition coefficient (Wildman–Crippen LogP) is 3.72. The van der Waals surface area contributed by atoms with E-state index in [1.165, 1.54) is 37.5 Å². The van der Waals surface area contributed by atoms with Crippen LogP contribution in [0.1, 0.15) is 5.56 Å². The predicted molar refractivity (Wildman–Crippen MR) is 94.7 cm³/mol. The van der Waals surface area contributed by atoms with E-state index in [-0.39, 0.29) is 17.4 Å². The lowest BCUT2D eigenvalue weighted by Crippen LogP contribution is -2.16. The third-order valence-electron chi connectivity index (χ3n) is 3.64. The zero-order valence-electron chi connectivity index (χ0n) is 14.4. The topological polar surface area (TPSA) is 66.0 Å². The maximum Gasteiger partial charge on any atom is 0.387 e. The van der Waals surface area contributed by atoms with Crippen LogP contribution in [0.3, 0.4) is 0 Å². The summed E-state index contributed by atoms with van der Waals surface area (Å²) in [6, 6.07) is 9.49. The van der Waals surface area contributed by atoms with Gasteiger partial charge in [0.05, 0.1) is 7.11 Å². The molecule has 0 bridgehead atoms. The summed E-state index contributed by atoms with van der Waals surface area (Å²) in [6.45, 7) is -2.00. The highest BCUT2D eigenvalue weighted by molar-refractivity contribution is 6.02. The van der Waals surface area contributed by atoms with Crippen LogP contribution in [0.2, 0.25) is 0 Å². The van der Waals surface area contributed by atoms with Gasteiger partial charge < -0.3 is 24.3 Å². The number of alkyl halides is 2. The summed E-state index contributed by atoms with van der Waals surface area (Å²) < 4.78 is 45.0. The molecule has 0 saturated heterocycles. The summed E-state index contributed by atoms with van der Waals surface area (Å²) in [7, 11) is 1.34. The number of methoxy groups -OCH3 is 1. The van der Waals surface area contributed by atoms with E-state index in [9.17, 15) is 13.6 Å². The molecule has 0 unspecified atom stereocenters. The first kappa shape index (κ1) is 18.5. The lowest BCUT2D eigenvalue weighted by molar-refractivity contribution is -0.111. The summed E-state index contributed by atoms with van der Waals surface area (Å²) in [5.74, 6) is 0.906. The van der Waals surface area contributed by atoms with E-state index in [0.717, 1.165) is 0 Å². The summed E-state index contributed by atoms with van der Waals surface area (Å²) in [6.07, 6.45) is 2.85. The second-order valence-corrected chi connectivity index (χ2v) is 5.47. The molecule has 1 amide bonds. The number of anilines is 1. The van der Waals surface area contributed by atoms with Gasteiger partial charge in [-0.25, -0.2) is 0 Å². The molecular formula is C19H17F2NO5. The van der Waals surface area contributed by atoms with Gasteiger partial charge in [-0.2, -0.15) is 8.78 Å². The molecule has 27 heavy (non-hydrogen) atoms. The molecule has 1 heterocycles. The minimum atomic E-state index is -2.95. The number of nitrogens with one attached hydrogen (secondary N) is 1. The molecule has 2 aromatic carbocycles. The Morgan fingerprint density at radius 3 is 2.63 bits per heavy atom. The molecule has 0 aliphatic carbocycles. The number of carbonyl (C=O) groups excluding carboxylic acids is 1. The van der Waals surface area contributed by atoms with Gasteiger partial charge in [-0.1, -0.05) is 6.07 Å². The monoisotopic (exact) mass is 377 g/mol. The fraction of sp³-hybridized carbons (Fsp3) is 0.211. The van der Waals surface area contributed by atoms with E-state index in [0.29, 0.717) is 36.0 Å². The van der Waals surface area contributed by atoms with Crippen LogP contribution in [-0.4, -0.2) is 32.8 Å². The van der Waals surface area contributed by atoms with Crippen molar-refractivity contribution in [1.82, 2.24) is 0 Å². The van der Waals surface area contributed by atoms with Crippen LogP contribution in [0.5, 0.6) is 23.0 Å². The van der Waals surface area contributed by atoms with Gasteiger partial charge in [0, 0.05) is 17.8 Å². The number of fused-ring (bicyclic) bond motifs is 1. The van der Waals surface area contributed by atoms with Gasteiger partial charge in [0.25, 0.3) is 0 Å². The van der Waals surface area contributed by atoms with Crippen molar-refractivity contribution in [2.24, 2.45) is 0 Å². The fourth-order valence-corrected chi connectivity index (χ4v) is 2.46. The molecule has 0 spiro atoms. The first-order valence-electron chi connectivity index (χ1n) is 8.07. The molecule has 0 fully saturated rings. The van der Waals surface area contributed by atoms with Crippen molar-refractivity contribution < 1.29 is 32.5 Å². The fourth-order valence-electron chi connectivity index (χ4n) is 2.46. The van der Waals surface area contributed by atoms with Crippen LogP contribution >= 0.6 is 0 Å². The average molecular weight is 377 g/mol. The molecule has 1 aliphatic heterocycles. The quantitative estimate of drug-likeness (QED) is 0.778. The van der Waals surface area contributed by atoms with Crippen LogP contribution in [0.4, 0.5) is 14.5 Å². The smallest absolute Gasteiger partial charge is 0.387 e. The van der Waals surface area contributed by atoms with Crippen molar-refractivity contribution >= 4 is 17.7 Å². The van der Waals surface area contributed by atoms with Crippen molar-refractivity contribution in [3.8, 4) is 23.0 Å². The maximum atomic E-state index is 12.3. The van der Waals surface area contributed by atoms with Gasteiger partial charge in [-0.3, -0.25) is 4.79 Å². The van der Waals surface area contributed by atoms with E-state index in [1.807, 2.05) is 0 Å². The lowest BCUT2D eigenvalue weighted by Gasteiger charge is -2.18. The number of amides is 1. The van der Waals surface area contributed by atoms with Gasteiger partial charge in [0.1, 0.15) is 13.2 Å². The maximum absolute atomic E-state index is 12.3. The molecule has 0 radical (unpaired) electrons. The van der Waals surface area contributed by atoms with E-state index in [2.05, 4.69) is 10.1 Å². The van der Waals surface area contributed by atoms with E-state index >= 15 is 0 Å². The van der Waals surface area contributed by atoms with E-state index in [4.69, 9.17) is 14.2 Å². The minimum absolute atomic E-state index is 0.0784. The number of hydrogen-bond donors (Lipinski definition) is 1. The Balaban J connectivity index is 1.66. The molecule has 1 aliphatic rings. The van der Waals surface area contributed by atoms with Gasteiger partial charge in [-0.05, 0) is 35.9 Å². The summed E-state index contributed by atoms with van der Waals surface area (Å²) in [5.41, 5.74) is 1.15. The van der Waals surface area contributed by atoms with Gasteiger partial charge in [0.15, 0.2) is 23.0 Å². The molecule has 8 heteroatoms. The van der Waals surface area contributed by atoms with Crippen molar-refractivity contribution in [3.05, 3.63) is 48.0 Å². The third kappa shape index (κ3) is 4.87. The van der Waals surface area contributed by atoms with Gasteiger partial charge in [-0.15, -0.1) is 0 Å². The van der Waals surface area contributed by atoms with Crippen LogP contribution in [-0.2, 0) is 4.79 Å². The second-order valence-electron chi connectivity index (χ2n) is 5.47. The zero-order valence-corrected chi connectivity index (χ0v) is 14.4. The lowest BCUT2D eigenvalue weighted by atomic mass is 10.2. The Morgan fingerprint density at radius 1 is 1.11 bits per heavy atom. The normalized spacial score (nSPS) is 12.9. The van der Waals surface area contributed by atoms with Gasteiger partial charge in [0.2, 0.25) is 5.91 Å². The molecule has 142 valence electrons. The second kappa shape index (κ2) is 8.39. The molecule has 1 N–H and O–H groups in total. The average Bonchev–Trinajstić information content (AvgIpc) is 2.66. The first-order chi connectivity index (χ1) is 13.0. The van der Waals surface area contributed by atoms with E-state index in [1.54, 1.807) is 18.2 Å². The van der Waals surface area contributed by atoms with E-state index < -0.39 is 6.61 Å². The van der Waals surface area contributed by atoms with Crippen molar-refractivity contribution in [2.45, 2.75) is 6.61 Å². The number of rotatable bonds is 6. The molecule has 3 rings (SSSR count). The summed E-state index contributed by atoms with van der Waals surface area (Å²) in [4.78, 5) is 12.1. The molecule has 2 aromatic rings. The largest absolute Gasteiger partial charge is 0.493 e. The van der Waals surface area contributed by atoms with Crippen molar-refractivity contribution in [1.29, 1.82) is 0 Å². The zero-order chi connectivity index (χ0) is 19.2. The van der Waals surface area contributed by atoms with Crippen LogP contribution in [0, 0.1) is 0 Å². The Morgan fingerprint density at radius 2 is 1.89 bits per heavy atom. The van der Waals surface area contributed by atoms with Crippen molar-refractivity contribution in [3.63, 3.8) is 0 Å². The highest BCUT2D eigenvalue weighted by Gasteiger charge is 2.13. The van der Waals surface area contributed by atoms with Crippen molar-refractivity contribution in [2.75, 3.05) is 25.6 Å². The first-order valence-corrected chi connectivity index (χ1v) is 8.07. The summed E-state index contributed by atoms with van der Waals surface area (Å²) >= 11 is 0. The highest BCUT2D eigenvalue weighted by atomic mass is 19.3. The summed E-state index contributed by atoms with van der Waals surface area (Å²) in [5, 5.41) is 2.71.